The van der Waals surface area contributed by atoms with Crippen molar-refractivity contribution < 1.29 is 40.7 Å². The number of amides is 3. The Kier molecular flexibility index (Phi) is 9.32. The summed E-state index contributed by atoms with van der Waals surface area (Å²) < 4.78 is 69.4. The highest BCUT2D eigenvalue weighted by Crippen LogP contribution is 2.38. The molecule has 1 aromatic rings. The van der Waals surface area contributed by atoms with Crippen LogP contribution in [-0.4, -0.2) is 73.2 Å². The molecule has 2 N–H and O–H groups in total. The van der Waals surface area contributed by atoms with Gasteiger partial charge in [0.05, 0.1) is 21.2 Å². The number of hydrogen-bond acceptors (Lipinski definition) is 7. The fourth-order valence-electron chi connectivity index (χ4n) is 5.56. The third kappa shape index (κ3) is 7.66. The zero-order chi connectivity index (χ0) is 30.9. The molecule has 2 saturated carbocycles. The highest BCUT2D eigenvalue weighted by Gasteiger charge is 2.50. The number of rotatable bonds is 9. The van der Waals surface area contributed by atoms with Gasteiger partial charge in [0.1, 0.15) is 17.3 Å². The number of alkyl halides is 3. The molecule has 0 aromatic heterocycles. The topological polar surface area (TPSA) is 146 Å². The van der Waals surface area contributed by atoms with Crippen LogP contribution in [0.15, 0.2) is 23.1 Å². The van der Waals surface area contributed by atoms with Crippen LogP contribution in [0.2, 0.25) is 5.02 Å². The maximum Gasteiger partial charge on any atom is 0.422 e. The number of nitrogens with one attached hydrogen (secondary N) is 2. The fraction of sp³-hybridized carbons (Fsp3) is 0.630. The first kappa shape index (κ1) is 31.9. The summed E-state index contributed by atoms with van der Waals surface area (Å²) in [6.45, 7) is -0.423. The standard InChI is InChI=1S/C27H32ClF3N4O6S/c1-16(36)33-18-4-2-17(3-5-18)10-24(37)35-13-20(12-22(35)25(38)34-26(14-32)8-9-26)42(39,40)23-7-6-19(11-21(23)28)41-15-27(29,30)31/h6-7,11,17-18,20,22H,2-5,8-10,12-13,15H2,1H3,(H,33,36)(H,34,38)/t17?,18?,20-,22+/m1/s1. The fourth-order valence-corrected chi connectivity index (χ4v) is 7.80. The van der Waals surface area contributed by atoms with Crippen molar-refractivity contribution in [3.05, 3.63) is 23.2 Å². The zero-order valence-corrected chi connectivity index (χ0v) is 24.4. The van der Waals surface area contributed by atoms with Gasteiger partial charge in [0.25, 0.3) is 0 Å². The molecule has 15 heteroatoms. The smallest absolute Gasteiger partial charge is 0.422 e. The van der Waals surface area contributed by atoms with Gasteiger partial charge in [-0.3, -0.25) is 14.4 Å². The van der Waals surface area contributed by atoms with E-state index in [9.17, 15) is 41.2 Å². The Balaban J connectivity index is 1.50. The highest BCUT2D eigenvalue weighted by molar-refractivity contribution is 7.92. The summed E-state index contributed by atoms with van der Waals surface area (Å²) in [5, 5.41) is 13.4. The second kappa shape index (κ2) is 12.3. The number of nitriles is 1. The van der Waals surface area contributed by atoms with Crippen LogP contribution in [0.4, 0.5) is 13.2 Å². The van der Waals surface area contributed by atoms with E-state index >= 15 is 0 Å². The van der Waals surface area contributed by atoms with Crippen LogP contribution in [0.5, 0.6) is 5.75 Å². The van der Waals surface area contributed by atoms with Crippen molar-refractivity contribution in [2.24, 2.45) is 5.92 Å². The molecule has 1 heterocycles. The maximum absolute atomic E-state index is 13.6. The molecule has 3 amide bonds. The summed E-state index contributed by atoms with van der Waals surface area (Å²) in [4.78, 5) is 39.0. The number of nitrogens with zero attached hydrogens (tertiary/aromatic N) is 2. The normalized spacial score (nSPS) is 25.3. The second-order valence-electron chi connectivity index (χ2n) is 11.3. The van der Waals surface area contributed by atoms with Gasteiger partial charge in [-0.1, -0.05) is 11.6 Å². The van der Waals surface area contributed by atoms with E-state index in [4.69, 9.17) is 11.6 Å². The first-order chi connectivity index (χ1) is 19.6. The third-order valence-corrected chi connectivity index (χ3v) is 10.6. The van der Waals surface area contributed by atoms with E-state index in [1.807, 2.05) is 0 Å². The largest absolute Gasteiger partial charge is 0.484 e. The van der Waals surface area contributed by atoms with Crippen molar-refractivity contribution in [1.82, 2.24) is 15.5 Å². The van der Waals surface area contributed by atoms with Gasteiger partial charge in [0, 0.05) is 32.0 Å². The number of benzene rings is 1. The van der Waals surface area contributed by atoms with E-state index in [0.717, 1.165) is 18.2 Å². The van der Waals surface area contributed by atoms with Crippen molar-refractivity contribution in [1.29, 1.82) is 5.26 Å². The number of sulfone groups is 1. The lowest BCUT2D eigenvalue weighted by atomic mass is 9.83. The molecule has 0 radical (unpaired) electrons. The van der Waals surface area contributed by atoms with E-state index in [2.05, 4.69) is 21.4 Å². The van der Waals surface area contributed by atoms with Gasteiger partial charge in [-0.25, -0.2) is 8.42 Å². The van der Waals surface area contributed by atoms with Crippen molar-refractivity contribution in [2.75, 3.05) is 13.2 Å². The van der Waals surface area contributed by atoms with Crippen LogP contribution in [0.3, 0.4) is 0 Å². The van der Waals surface area contributed by atoms with E-state index in [1.54, 1.807) is 0 Å². The van der Waals surface area contributed by atoms with Gasteiger partial charge in [0.15, 0.2) is 16.4 Å². The number of halogens is 4. The minimum atomic E-state index is -4.60. The van der Waals surface area contributed by atoms with Crippen LogP contribution in [0, 0.1) is 17.2 Å². The van der Waals surface area contributed by atoms with Gasteiger partial charge < -0.3 is 20.3 Å². The van der Waals surface area contributed by atoms with E-state index in [0.29, 0.717) is 38.5 Å². The second-order valence-corrected chi connectivity index (χ2v) is 13.9. The maximum atomic E-state index is 13.6. The summed E-state index contributed by atoms with van der Waals surface area (Å²) in [7, 11) is -4.24. The van der Waals surface area contributed by atoms with E-state index in [1.165, 1.54) is 11.8 Å². The Morgan fingerprint density at radius 1 is 1.19 bits per heavy atom. The molecule has 4 rings (SSSR count). The molecule has 1 aliphatic heterocycles. The Bertz CT molecular complexity index is 1370. The summed E-state index contributed by atoms with van der Waals surface area (Å²) in [5.41, 5.74) is -1.03. The lowest BCUT2D eigenvalue weighted by molar-refractivity contribution is -0.153. The van der Waals surface area contributed by atoms with Gasteiger partial charge in [-0.15, -0.1) is 0 Å². The Labute approximate surface area is 246 Å². The Morgan fingerprint density at radius 3 is 2.40 bits per heavy atom. The highest BCUT2D eigenvalue weighted by atomic mass is 35.5. The Hall–Kier alpha value is -3.05. The molecule has 10 nitrogen and oxygen atoms in total. The van der Waals surface area contributed by atoms with Crippen LogP contribution < -0.4 is 15.4 Å². The lowest BCUT2D eigenvalue weighted by Crippen LogP contribution is -2.49. The van der Waals surface area contributed by atoms with Gasteiger partial charge in [-0.2, -0.15) is 18.4 Å². The molecular formula is C27H32ClF3N4O6S. The summed E-state index contributed by atoms with van der Waals surface area (Å²) in [6.07, 6.45) is -1.08. The molecule has 3 aliphatic rings. The predicted octanol–water partition coefficient (Wildman–Crippen LogP) is 3.28. The van der Waals surface area contributed by atoms with Crippen molar-refractivity contribution in [2.45, 2.75) is 92.2 Å². The zero-order valence-electron chi connectivity index (χ0n) is 22.9. The number of ether oxygens (including phenoxy) is 1. The van der Waals surface area contributed by atoms with Gasteiger partial charge in [0.2, 0.25) is 17.7 Å². The minimum Gasteiger partial charge on any atom is -0.484 e. The molecule has 1 saturated heterocycles. The molecule has 3 fully saturated rings. The van der Waals surface area contributed by atoms with Crippen molar-refractivity contribution >= 4 is 39.2 Å². The van der Waals surface area contributed by atoms with Gasteiger partial charge >= 0.3 is 6.18 Å². The van der Waals surface area contributed by atoms with E-state index in [-0.39, 0.29) is 58.8 Å². The SMILES string of the molecule is CC(=O)NC1CCC(CC(=O)N2C[C@H](S(=O)(=O)c3ccc(OCC(F)(F)F)cc3Cl)C[C@H]2C(=O)NC2(C#N)CC2)CC1. The average Bonchev–Trinajstić information content (AvgIpc) is 3.52. The molecule has 2 atom stereocenters. The monoisotopic (exact) mass is 632 g/mol. The van der Waals surface area contributed by atoms with Crippen molar-refractivity contribution in [3.63, 3.8) is 0 Å². The molecule has 0 spiro atoms. The Morgan fingerprint density at radius 2 is 1.86 bits per heavy atom. The lowest BCUT2D eigenvalue weighted by Gasteiger charge is -2.31. The molecular weight excluding hydrogens is 601 g/mol. The summed E-state index contributed by atoms with van der Waals surface area (Å²) in [5.74, 6) is -1.40. The van der Waals surface area contributed by atoms with Crippen LogP contribution in [0.1, 0.15) is 58.3 Å². The molecule has 0 bridgehead atoms. The van der Waals surface area contributed by atoms with Gasteiger partial charge in [-0.05, 0) is 63.0 Å². The predicted molar refractivity (Wildman–Crippen MR) is 144 cm³/mol. The summed E-state index contributed by atoms with van der Waals surface area (Å²) >= 11 is 6.16. The molecule has 42 heavy (non-hydrogen) atoms. The minimum absolute atomic E-state index is 0.00514. The van der Waals surface area contributed by atoms with E-state index < -0.39 is 45.4 Å². The number of carbonyl (C=O) groups is 3. The third-order valence-electron chi connectivity index (χ3n) is 7.98. The first-order valence-electron chi connectivity index (χ1n) is 13.7. The summed E-state index contributed by atoms with van der Waals surface area (Å²) in [6, 6.07) is 4.04. The molecule has 2 aliphatic carbocycles. The van der Waals surface area contributed by atoms with Crippen LogP contribution in [0.25, 0.3) is 0 Å². The average molecular weight is 633 g/mol. The number of likely N-dealkylation sites (tertiary alicyclic amines) is 1. The van der Waals surface area contributed by atoms with Crippen LogP contribution in [-0.2, 0) is 24.2 Å². The number of hydrogen-bond donors (Lipinski definition) is 2. The van der Waals surface area contributed by atoms with Crippen molar-refractivity contribution in [3.8, 4) is 11.8 Å². The molecule has 0 unspecified atom stereocenters. The quantitative estimate of drug-likeness (QED) is 0.425. The van der Waals surface area contributed by atoms with Crippen LogP contribution >= 0.6 is 11.6 Å². The molecule has 1 aromatic carbocycles. The first-order valence-corrected chi connectivity index (χ1v) is 15.6. The molecule has 230 valence electrons. The number of carbonyl (C=O) groups excluding carboxylic acids is 3.